The molecule has 0 amide bonds. The van der Waals surface area contributed by atoms with Crippen LogP contribution in [0.15, 0.2) is 30.9 Å². The van der Waals surface area contributed by atoms with Crippen LogP contribution in [0.1, 0.15) is 13.8 Å². The van der Waals surface area contributed by atoms with E-state index in [1.54, 1.807) is 29.4 Å². The number of hydrogen-bond acceptors (Lipinski definition) is 3. The van der Waals surface area contributed by atoms with E-state index in [9.17, 15) is 4.39 Å². The lowest BCUT2D eigenvalue weighted by atomic mass is 10.2. The van der Waals surface area contributed by atoms with Gasteiger partial charge in [0.25, 0.3) is 0 Å². The summed E-state index contributed by atoms with van der Waals surface area (Å²) in [6.45, 7) is 3.68. The SMILES string of the molecule is CC(C)Oc1cc(-n2ccnc2)c(N)cc1F. The first-order chi connectivity index (χ1) is 8.08. The summed E-state index contributed by atoms with van der Waals surface area (Å²) in [6, 6.07) is 2.83. The molecule has 2 aromatic rings. The number of ether oxygens (including phenoxy) is 1. The van der Waals surface area contributed by atoms with Crippen LogP contribution in [0.4, 0.5) is 10.1 Å². The van der Waals surface area contributed by atoms with Crippen molar-refractivity contribution in [3.8, 4) is 11.4 Å². The van der Waals surface area contributed by atoms with Crippen LogP contribution in [0.2, 0.25) is 0 Å². The Balaban J connectivity index is 2.46. The van der Waals surface area contributed by atoms with Crippen LogP contribution in [0.3, 0.4) is 0 Å². The zero-order valence-corrected chi connectivity index (χ0v) is 9.72. The Morgan fingerprint density at radius 3 is 2.76 bits per heavy atom. The molecule has 5 heteroatoms. The highest BCUT2D eigenvalue weighted by Gasteiger charge is 2.11. The van der Waals surface area contributed by atoms with E-state index in [1.165, 1.54) is 6.07 Å². The minimum Gasteiger partial charge on any atom is -0.488 e. The fraction of sp³-hybridized carbons (Fsp3) is 0.250. The minimum atomic E-state index is -0.458. The van der Waals surface area contributed by atoms with Crippen molar-refractivity contribution in [2.75, 3.05) is 5.73 Å². The molecule has 0 aliphatic heterocycles. The number of hydrogen-bond donors (Lipinski definition) is 1. The molecule has 4 nitrogen and oxygen atoms in total. The largest absolute Gasteiger partial charge is 0.488 e. The Bertz CT molecular complexity index is 509. The van der Waals surface area contributed by atoms with Crippen LogP contribution in [-0.2, 0) is 0 Å². The molecular formula is C12H14FN3O. The van der Waals surface area contributed by atoms with Crippen LogP contribution in [0, 0.1) is 5.82 Å². The minimum absolute atomic E-state index is 0.0937. The third kappa shape index (κ3) is 2.38. The molecule has 0 saturated heterocycles. The molecule has 0 unspecified atom stereocenters. The first kappa shape index (κ1) is 11.4. The van der Waals surface area contributed by atoms with Crippen LogP contribution in [-0.4, -0.2) is 15.7 Å². The standard InChI is InChI=1S/C12H14FN3O/c1-8(2)17-12-6-11(10(14)5-9(12)13)16-4-3-15-7-16/h3-8H,14H2,1-2H3. The van der Waals surface area contributed by atoms with Gasteiger partial charge in [-0.15, -0.1) is 0 Å². The van der Waals surface area contributed by atoms with E-state index in [1.807, 2.05) is 13.8 Å². The molecule has 17 heavy (non-hydrogen) atoms. The lowest BCUT2D eigenvalue weighted by Gasteiger charge is -2.14. The second-order valence-corrected chi connectivity index (χ2v) is 3.98. The molecule has 0 spiro atoms. The van der Waals surface area contributed by atoms with Crippen molar-refractivity contribution in [2.45, 2.75) is 20.0 Å². The van der Waals surface area contributed by atoms with Gasteiger partial charge in [-0.25, -0.2) is 9.37 Å². The van der Waals surface area contributed by atoms with Crippen molar-refractivity contribution < 1.29 is 9.13 Å². The summed E-state index contributed by atoms with van der Waals surface area (Å²) in [4.78, 5) is 3.93. The molecule has 90 valence electrons. The molecule has 2 rings (SSSR count). The van der Waals surface area contributed by atoms with Gasteiger partial charge in [0.1, 0.15) is 0 Å². The topological polar surface area (TPSA) is 53.1 Å². The van der Waals surface area contributed by atoms with Gasteiger partial charge in [-0.1, -0.05) is 0 Å². The summed E-state index contributed by atoms with van der Waals surface area (Å²) in [5, 5.41) is 0. The van der Waals surface area contributed by atoms with Crippen molar-refractivity contribution in [2.24, 2.45) is 0 Å². The van der Waals surface area contributed by atoms with Gasteiger partial charge in [-0.05, 0) is 13.8 Å². The Hall–Kier alpha value is -2.04. The lowest BCUT2D eigenvalue weighted by Crippen LogP contribution is -2.08. The van der Waals surface area contributed by atoms with Gasteiger partial charge in [0.2, 0.25) is 0 Å². The number of anilines is 1. The van der Waals surface area contributed by atoms with Crippen LogP contribution < -0.4 is 10.5 Å². The quantitative estimate of drug-likeness (QED) is 0.831. The third-order valence-electron chi connectivity index (χ3n) is 2.23. The molecule has 0 fully saturated rings. The summed E-state index contributed by atoms with van der Waals surface area (Å²) in [7, 11) is 0. The Kier molecular flexibility index (Phi) is 2.99. The number of nitrogens with two attached hydrogens (primary N) is 1. The number of halogens is 1. The van der Waals surface area contributed by atoms with Crippen LogP contribution >= 0.6 is 0 Å². The van der Waals surface area contributed by atoms with Gasteiger partial charge in [0, 0.05) is 24.5 Å². The molecular weight excluding hydrogens is 221 g/mol. The molecule has 1 heterocycles. The maximum atomic E-state index is 13.6. The second-order valence-electron chi connectivity index (χ2n) is 3.98. The lowest BCUT2D eigenvalue weighted by molar-refractivity contribution is 0.231. The molecule has 2 N–H and O–H groups in total. The molecule has 0 aliphatic rings. The summed E-state index contributed by atoms with van der Waals surface area (Å²) < 4.78 is 20.7. The molecule has 0 saturated carbocycles. The highest BCUT2D eigenvalue weighted by Crippen LogP contribution is 2.27. The molecule has 0 aliphatic carbocycles. The van der Waals surface area contributed by atoms with Crippen molar-refractivity contribution in [1.29, 1.82) is 0 Å². The van der Waals surface area contributed by atoms with Gasteiger partial charge in [0.05, 0.1) is 23.8 Å². The number of nitrogen functional groups attached to an aromatic ring is 1. The van der Waals surface area contributed by atoms with Gasteiger partial charge in [0.15, 0.2) is 11.6 Å². The van der Waals surface area contributed by atoms with Crippen molar-refractivity contribution >= 4 is 5.69 Å². The van der Waals surface area contributed by atoms with Gasteiger partial charge in [-0.2, -0.15) is 0 Å². The number of benzene rings is 1. The van der Waals surface area contributed by atoms with Crippen molar-refractivity contribution in [3.63, 3.8) is 0 Å². The first-order valence-electron chi connectivity index (χ1n) is 5.32. The summed E-state index contributed by atoms with van der Waals surface area (Å²) in [6.07, 6.45) is 4.88. The Morgan fingerprint density at radius 1 is 1.41 bits per heavy atom. The average molecular weight is 235 g/mol. The van der Waals surface area contributed by atoms with E-state index in [0.29, 0.717) is 11.4 Å². The van der Waals surface area contributed by atoms with E-state index in [-0.39, 0.29) is 11.9 Å². The Morgan fingerprint density at radius 2 is 2.18 bits per heavy atom. The number of aromatic nitrogens is 2. The maximum Gasteiger partial charge on any atom is 0.167 e. The van der Waals surface area contributed by atoms with E-state index in [2.05, 4.69) is 4.98 Å². The van der Waals surface area contributed by atoms with E-state index in [4.69, 9.17) is 10.5 Å². The summed E-state index contributed by atoms with van der Waals surface area (Å²) >= 11 is 0. The zero-order chi connectivity index (χ0) is 12.4. The molecule has 1 aromatic heterocycles. The summed E-state index contributed by atoms with van der Waals surface area (Å²) in [5.41, 5.74) is 6.76. The molecule has 0 atom stereocenters. The van der Waals surface area contributed by atoms with E-state index in [0.717, 1.165) is 0 Å². The van der Waals surface area contributed by atoms with Crippen LogP contribution in [0.25, 0.3) is 5.69 Å². The van der Waals surface area contributed by atoms with Gasteiger partial charge in [-0.3, -0.25) is 0 Å². The maximum absolute atomic E-state index is 13.6. The normalized spacial score (nSPS) is 10.8. The number of rotatable bonds is 3. The first-order valence-corrected chi connectivity index (χ1v) is 5.32. The number of nitrogens with zero attached hydrogens (tertiary/aromatic N) is 2. The smallest absolute Gasteiger partial charge is 0.167 e. The average Bonchev–Trinajstić information content (AvgIpc) is 2.74. The fourth-order valence-electron chi connectivity index (χ4n) is 1.53. The van der Waals surface area contributed by atoms with Gasteiger partial charge < -0.3 is 15.0 Å². The predicted octanol–water partition coefficient (Wildman–Crippen LogP) is 2.38. The molecule has 1 aromatic carbocycles. The van der Waals surface area contributed by atoms with Crippen LogP contribution in [0.5, 0.6) is 5.75 Å². The fourth-order valence-corrected chi connectivity index (χ4v) is 1.53. The van der Waals surface area contributed by atoms with Gasteiger partial charge >= 0.3 is 0 Å². The highest BCUT2D eigenvalue weighted by molar-refractivity contribution is 5.61. The predicted molar refractivity (Wildman–Crippen MR) is 63.7 cm³/mol. The van der Waals surface area contributed by atoms with E-state index >= 15 is 0 Å². The summed E-state index contributed by atoms with van der Waals surface area (Å²) in [5.74, 6) is -0.266. The molecule has 0 radical (unpaired) electrons. The monoisotopic (exact) mass is 235 g/mol. The van der Waals surface area contributed by atoms with E-state index < -0.39 is 5.82 Å². The molecule has 0 bridgehead atoms. The highest BCUT2D eigenvalue weighted by atomic mass is 19.1. The van der Waals surface area contributed by atoms with Crippen molar-refractivity contribution in [3.05, 3.63) is 36.7 Å². The zero-order valence-electron chi connectivity index (χ0n) is 9.72. The second kappa shape index (κ2) is 4.45. The number of imidazole rings is 1. The van der Waals surface area contributed by atoms with Crippen molar-refractivity contribution in [1.82, 2.24) is 9.55 Å². The Labute approximate surface area is 98.8 Å². The third-order valence-corrected chi connectivity index (χ3v) is 2.23.